The fourth-order valence-corrected chi connectivity index (χ4v) is 2.39. The minimum absolute atomic E-state index is 0.130. The molecule has 3 heteroatoms. The molecule has 15 heavy (non-hydrogen) atoms. The SMILES string of the molecule is NC(c1cccc(Cl)c1)C1CCNCC1. The predicted octanol–water partition coefficient (Wildman–Crippen LogP) is 2.34. The van der Waals surface area contributed by atoms with Crippen molar-refractivity contribution in [2.24, 2.45) is 11.7 Å². The maximum atomic E-state index is 6.25. The molecule has 1 aromatic carbocycles. The predicted molar refractivity (Wildman–Crippen MR) is 64.0 cm³/mol. The van der Waals surface area contributed by atoms with E-state index in [1.54, 1.807) is 0 Å². The molecule has 1 atom stereocenters. The number of rotatable bonds is 2. The van der Waals surface area contributed by atoms with Crippen LogP contribution in [0.2, 0.25) is 5.02 Å². The van der Waals surface area contributed by atoms with Crippen molar-refractivity contribution in [1.29, 1.82) is 0 Å². The highest BCUT2D eigenvalue weighted by Gasteiger charge is 2.21. The molecule has 0 radical (unpaired) electrons. The molecule has 0 saturated carbocycles. The Balaban J connectivity index is 2.08. The molecule has 0 spiro atoms. The second-order valence-corrected chi connectivity index (χ2v) is 4.60. The van der Waals surface area contributed by atoms with Crippen molar-refractivity contribution < 1.29 is 0 Å². The minimum atomic E-state index is 0.130. The average molecular weight is 225 g/mol. The molecule has 82 valence electrons. The molecule has 2 nitrogen and oxygen atoms in total. The lowest BCUT2D eigenvalue weighted by atomic mass is 9.87. The van der Waals surface area contributed by atoms with Gasteiger partial charge in [-0.2, -0.15) is 0 Å². The van der Waals surface area contributed by atoms with E-state index < -0.39 is 0 Å². The van der Waals surface area contributed by atoms with Crippen LogP contribution in [0.15, 0.2) is 24.3 Å². The van der Waals surface area contributed by atoms with Gasteiger partial charge in [0.15, 0.2) is 0 Å². The van der Waals surface area contributed by atoms with Gasteiger partial charge >= 0.3 is 0 Å². The average Bonchev–Trinajstić information content (AvgIpc) is 2.29. The van der Waals surface area contributed by atoms with Crippen molar-refractivity contribution >= 4 is 11.6 Å². The number of piperidine rings is 1. The van der Waals surface area contributed by atoms with Crippen molar-refractivity contribution in [3.05, 3.63) is 34.9 Å². The molecule has 0 amide bonds. The Morgan fingerprint density at radius 2 is 2.07 bits per heavy atom. The van der Waals surface area contributed by atoms with Gasteiger partial charge in [-0.15, -0.1) is 0 Å². The molecule has 0 aliphatic carbocycles. The van der Waals surface area contributed by atoms with Crippen molar-refractivity contribution in [3.63, 3.8) is 0 Å². The first-order chi connectivity index (χ1) is 7.27. The van der Waals surface area contributed by atoms with E-state index in [-0.39, 0.29) is 6.04 Å². The highest BCUT2D eigenvalue weighted by Crippen LogP contribution is 2.27. The van der Waals surface area contributed by atoms with Gasteiger partial charge in [0, 0.05) is 11.1 Å². The summed E-state index contributed by atoms with van der Waals surface area (Å²) in [6, 6.07) is 8.04. The van der Waals surface area contributed by atoms with Crippen LogP contribution in [0.3, 0.4) is 0 Å². The van der Waals surface area contributed by atoms with E-state index in [4.69, 9.17) is 17.3 Å². The molecule has 2 rings (SSSR count). The Hall–Kier alpha value is -0.570. The van der Waals surface area contributed by atoms with Gasteiger partial charge in [0.25, 0.3) is 0 Å². The van der Waals surface area contributed by atoms with Crippen LogP contribution >= 0.6 is 11.6 Å². The van der Waals surface area contributed by atoms with E-state index in [0.29, 0.717) is 5.92 Å². The summed E-state index contributed by atoms with van der Waals surface area (Å²) in [4.78, 5) is 0. The van der Waals surface area contributed by atoms with E-state index in [1.807, 2.05) is 18.2 Å². The van der Waals surface area contributed by atoms with Gasteiger partial charge in [0.2, 0.25) is 0 Å². The topological polar surface area (TPSA) is 38.0 Å². The highest BCUT2D eigenvalue weighted by atomic mass is 35.5. The summed E-state index contributed by atoms with van der Waals surface area (Å²) in [5.74, 6) is 0.588. The molecule has 3 N–H and O–H groups in total. The van der Waals surface area contributed by atoms with E-state index in [1.165, 1.54) is 0 Å². The van der Waals surface area contributed by atoms with Crippen LogP contribution in [0.4, 0.5) is 0 Å². The van der Waals surface area contributed by atoms with Gasteiger partial charge in [0.1, 0.15) is 0 Å². The Morgan fingerprint density at radius 1 is 1.33 bits per heavy atom. The summed E-state index contributed by atoms with van der Waals surface area (Å²) in [5, 5.41) is 4.13. The summed E-state index contributed by atoms with van der Waals surface area (Å²) in [5.41, 5.74) is 7.41. The summed E-state index contributed by atoms with van der Waals surface area (Å²) >= 11 is 5.96. The Labute approximate surface area is 95.8 Å². The Morgan fingerprint density at radius 3 is 2.73 bits per heavy atom. The number of nitrogens with one attached hydrogen (secondary N) is 1. The van der Waals surface area contributed by atoms with Gasteiger partial charge in [-0.05, 0) is 49.5 Å². The maximum absolute atomic E-state index is 6.25. The maximum Gasteiger partial charge on any atom is 0.0409 e. The summed E-state index contributed by atoms with van der Waals surface area (Å²) in [6.45, 7) is 2.16. The van der Waals surface area contributed by atoms with E-state index >= 15 is 0 Å². The lowest BCUT2D eigenvalue weighted by molar-refractivity contribution is 0.322. The van der Waals surface area contributed by atoms with Crippen molar-refractivity contribution in [3.8, 4) is 0 Å². The number of halogens is 1. The van der Waals surface area contributed by atoms with Crippen molar-refractivity contribution in [1.82, 2.24) is 5.32 Å². The number of benzene rings is 1. The molecule has 1 aliphatic heterocycles. The monoisotopic (exact) mass is 224 g/mol. The third-order valence-corrected chi connectivity index (χ3v) is 3.36. The number of hydrogen-bond acceptors (Lipinski definition) is 2. The molecule has 0 bridgehead atoms. The first-order valence-electron chi connectivity index (χ1n) is 5.49. The van der Waals surface area contributed by atoms with Crippen LogP contribution in [0, 0.1) is 5.92 Å². The summed E-state index contributed by atoms with van der Waals surface area (Å²) in [6.07, 6.45) is 2.32. The van der Waals surface area contributed by atoms with Gasteiger partial charge < -0.3 is 11.1 Å². The zero-order chi connectivity index (χ0) is 10.7. The quantitative estimate of drug-likeness (QED) is 0.810. The second-order valence-electron chi connectivity index (χ2n) is 4.17. The standard InChI is InChI=1S/C12H17ClN2/c13-11-3-1-2-10(8-11)12(14)9-4-6-15-7-5-9/h1-3,8-9,12,15H,4-7,14H2. The van der Waals surface area contributed by atoms with Crippen molar-refractivity contribution in [2.75, 3.05) is 13.1 Å². The van der Waals surface area contributed by atoms with E-state index in [0.717, 1.165) is 36.5 Å². The zero-order valence-corrected chi connectivity index (χ0v) is 9.50. The molecule has 1 heterocycles. The highest BCUT2D eigenvalue weighted by molar-refractivity contribution is 6.30. The third-order valence-electron chi connectivity index (χ3n) is 3.13. The van der Waals surface area contributed by atoms with Gasteiger partial charge in [-0.3, -0.25) is 0 Å². The first-order valence-corrected chi connectivity index (χ1v) is 5.87. The van der Waals surface area contributed by atoms with Crippen LogP contribution in [-0.4, -0.2) is 13.1 Å². The Kier molecular flexibility index (Phi) is 3.62. The van der Waals surface area contributed by atoms with Crippen LogP contribution in [0.1, 0.15) is 24.4 Å². The Bertz CT molecular complexity index is 321. The first kappa shape index (κ1) is 10.9. The molecular weight excluding hydrogens is 208 g/mol. The van der Waals surface area contributed by atoms with Crippen LogP contribution in [0.5, 0.6) is 0 Å². The van der Waals surface area contributed by atoms with E-state index in [2.05, 4.69) is 11.4 Å². The summed E-state index contributed by atoms with van der Waals surface area (Å²) < 4.78 is 0. The van der Waals surface area contributed by atoms with Gasteiger partial charge in [-0.1, -0.05) is 23.7 Å². The van der Waals surface area contributed by atoms with Gasteiger partial charge in [0.05, 0.1) is 0 Å². The molecule has 1 fully saturated rings. The lowest BCUT2D eigenvalue weighted by Gasteiger charge is -2.28. The van der Waals surface area contributed by atoms with E-state index in [9.17, 15) is 0 Å². The zero-order valence-electron chi connectivity index (χ0n) is 8.75. The van der Waals surface area contributed by atoms with Crippen LogP contribution in [0.25, 0.3) is 0 Å². The van der Waals surface area contributed by atoms with Crippen LogP contribution in [-0.2, 0) is 0 Å². The largest absolute Gasteiger partial charge is 0.324 e. The van der Waals surface area contributed by atoms with Gasteiger partial charge in [-0.25, -0.2) is 0 Å². The normalized spacial score (nSPS) is 20.1. The molecule has 1 aromatic rings. The molecular formula is C12H17ClN2. The second kappa shape index (κ2) is 4.97. The fraction of sp³-hybridized carbons (Fsp3) is 0.500. The molecule has 0 aromatic heterocycles. The third kappa shape index (κ3) is 2.71. The minimum Gasteiger partial charge on any atom is -0.324 e. The molecule has 1 unspecified atom stereocenters. The van der Waals surface area contributed by atoms with Crippen LogP contribution < -0.4 is 11.1 Å². The molecule has 1 aliphatic rings. The number of hydrogen-bond donors (Lipinski definition) is 2. The smallest absolute Gasteiger partial charge is 0.0409 e. The lowest BCUT2D eigenvalue weighted by Crippen LogP contribution is -2.33. The summed E-state index contributed by atoms with van der Waals surface area (Å²) in [7, 11) is 0. The number of nitrogens with two attached hydrogens (primary N) is 1. The molecule has 1 saturated heterocycles. The fourth-order valence-electron chi connectivity index (χ4n) is 2.19. The van der Waals surface area contributed by atoms with Crippen molar-refractivity contribution in [2.45, 2.75) is 18.9 Å².